The van der Waals surface area contributed by atoms with Crippen molar-refractivity contribution in [3.8, 4) is 5.75 Å². The third-order valence-corrected chi connectivity index (χ3v) is 4.40. The van der Waals surface area contributed by atoms with Crippen LogP contribution in [0.25, 0.3) is 0 Å². The molecular weight excluding hydrogens is 314 g/mol. The van der Waals surface area contributed by atoms with Gasteiger partial charge in [0.1, 0.15) is 5.75 Å². The van der Waals surface area contributed by atoms with Crippen molar-refractivity contribution in [2.24, 2.45) is 0 Å². The van der Waals surface area contributed by atoms with E-state index in [1.165, 1.54) is 31.2 Å². The normalized spacial score (nSPS) is 13.5. The van der Waals surface area contributed by atoms with Crippen LogP contribution in [0.5, 0.6) is 5.75 Å². The molecule has 1 amide bonds. The highest BCUT2D eigenvalue weighted by molar-refractivity contribution is 6.31. The van der Waals surface area contributed by atoms with Gasteiger partial charge in [-0.2, -0.15) is 5.10 Å². The lowest BCUT2D eigenvalue weighted by Crippen LogP contribution is -2.28. The number of aromatic nitrogens is 2. The van der Waals surface area contributed by atoms with Gasteiger partial charge in [0.2, 0.25) is 0 Å². The second kappa shape index (κ2) is 7.04. The molecule has 0 saturated carbocycles. The van der Waals surface area contributed by atoms with Gasteiger partial charge in [0.15, 0.2) is 0 Å². The lowest BCUT2D eigenvalue weighted by Gasteiger charge is -2.14. The van der Waals surface area contributed by atoms with Crippen LogP contribution in [0, 0.1) is 0 Å². The Morgan fingerprint density at radius 1 is 1.39 bits per heavy atom. The van der Waals surface area contributed by atoms with Crippen LogP contribution < -0.4 is 10.1 Å². The first-order valence-electron chi connectivity index (χ1n) is 7.84. The van der Waals surface area contributed by atoms with Crippen LogP contribution in [-0.2, 0) is 19.4 Å². The molecule has 0 atom stereocenters. The number of benzene rings is 1. The molecule has 0 radical (unpaired) electrons. The summed E-state index contributed by atoms with van der Waals surface area (Å²) < 4.78 is 7.21. The summed E-state index contributed by atoms with van der Waals surface area (Å²) in [6.45, 7) is 1.19. The molecule has 0 spiro atoms. The number of hydrogen-bond donors (Lipinski definition) is 1. The monoisotopic (exact) mass is 333 g/mol. The average Bonchev–Trinajstić information content (AvgIpc) is 2.98. The number of amides is 1. The Labute approximate surface area is 140 Å². The summed E-state index contributed by atoms with van der Waals surface area (Å²) in [4.78, 5) is 12.3. The highest BCUT2D eigenvalue weighted by Crippen LogP contribution is 2.23. The molecule has 122 valence electrons. The largest absolute Gasteiger partial charge is 0.496 e. The number of hydrogen-bond acceptors (Lipinski definition) is 3. The number of carbonyl (C=O) groups is 1. The van der Waals surface area contributed by atoms with Crippen molar-refractivity contribution in [2.75, 3.05) is 13.7 Å². The molecular formula is C17H20ClN3O2. The van der Waals surface area contributed by atoms with E-state index in [1.807, 2.05) is 10.9 Å². The summed E-state index contributed by atoms with van der Waals surface area (Å²) in [5.74, 6) is 0.328. The third-order valence-electron chi connectivity index (χ3n) is 4.16. The molecule has 0 fully saturated rings. The molecule has 1 heterocycles. The number of ether oxygens (including phenoxy) is 1. The van der Waals surface area contributed by atoms with Gasteiger partial charge >= 0.3 is 0 Å². The molecule has 3 rings (SSSR count). The molecule has 1 N–H and O–H groups in total. The predicted molar refractivity (Wildman–Crippen MR) is 89.2 cm³/mol. The van der Waals surface area contributed by atoms with Gasteiger partial charge in [-0.1, -0.05) is 11.6 Å². The van der Waals surface area contributed by atoms with Crippen molar-refractivity contribution in [3.63, 3.8) is 0 Å². The highest BCUT2D eigenvalue weighted by atomic mass is 35.5. The minimum absolute atomic E-state index is 0.189. The van der Waals surface area contributed by atoms with Crippen LogP contribution in [0.3, 0.4) is 0 Å². The fraction of sp³-hybridized carbons (Fsp3) is 0.412. The van der Waals surface area contributed by atoms with E-state index in [2.05, 4.69) is 10.4 Å². The maximum Gasteiger partial charge on any atom is 0.255 e. The Hall–Kier alpha value is -2.01. The smallest absolute Gasteiger partial charge is 0.255 e. The number of nitrogens with zero attached hydrogens (tertiary/aromatic N) is 2. The van der Waals surface area contributed by atoms with Gasteiger partial charge in [-0.3, -0.25) is 9.48 Å². The van der Waals surface area contributed by atoms with Gasteiger partial charge in [-0.15, -0.1) is 0 Å². The zero-order valence-corrected chi connectivity index (χ0v) is 13.9. The molecule has 1 aromatic heterocycles. The van der Waals surface area contributed by atoms with Crippen molar-refractivity contribution < 1.29 is 9.53 Å². The Bertz CT molecular complexity index is 712. The first-order valence-corrected chi connectivity index (χ1v) is 8.22. The number of methoxy groups -OCH3 is 1. The molecule has 2 aromatic rings. The SMILES string of the molecule is COc1ccc(Cl)cc1C(=O)NCCn1ncc2c1CCCC2. The van der Waals surface area contributed by atoms with Crippen molar-refractivity contribution >= 4 is 17.5 Å². The Morgan fingerprint density at radius 2 is 2.22 bits per heavy atom. The van der Waals surface area contributed by atoms with Gasteiger partial charge in [-0.25, -0.2) is 0 Å². The average molecular weight is 334 g/mol. The van der Waals surface area contributed by atoms with E-state index in [0.29, 0.717) is 29.4 Å². The molecule has 1 aromatic carbocycles. The lowest BCUT2D eigenvalue weighted by atomic mass is 9.98. The number of aryl methyl sites for hydroxylation is 1. The summed E-state index contributed by atoms with van der Waals surface area (Å²) in [6.07, 6.45) is 6.60. The summed E-state index contributed by atoms with van der Waals surface area (Å²) in [7, 11) is 1.54. The molecule has 5 nitrogen and oxygen atoms in total. The van der Waals surface area contributed by atoms with Gasteiger partial charge < -0.3 is 10.1 Å². The molecule has 0 bridgehead atoms. The predicted octanol–water partition coefficient (Wildman–Crippen LogP) is 2.85. The van der Waals surface area contributed by atoms with E-state index in [4.69, 9.17) is 16.3 Å². The molecule has 23 heavy (non-hydrogen) atoms. The minimum atomic E-state index is -0.189. The van der Waals surface area contributed by atoms with E-state index < -0.39 is 0 Å². The zero-order chi connectivity index (χ0) is 16.2. The van der Waals surface area contributed by atoms with Crippen LogP contribution in [0.15, 0.2) is 24.4 Å². The Morgan fingerprint density at radius 3 is 3.04 bits per heavy atom. The lowest BCUT2D eigenvalue weighted by molar-refractivity contribution is 0.0948. The van der Waals surface area contributed by atoms with Gasteiger partial charge in [0.25, 0.3) is 5.91 Å². The number of carbonyl (C=O) groups excluding carboxylic acids is 1. The summed E-state index contributed by atoms with van der Waals surface area (Å²) >= 11 is 5.96. The molecule has 1 aliphatic carbocycles. The van der Waals surface area contributed by atoms with Gasteiger partial charge in [0, 0.05) is 17.3 Å². The number of halogens is 1. The topological polar surface area (TPSA) is 56.1 Å². The second-order valence-corrected chi connectivity index (χ2v) is 6.08. The third kappa shape index (κ3) is 3.50. The molecule has 0 saturated heterocycles. The number of rotatable bonds is 5. The van der Waals surface area contributed by atoms with Crippen LogP contribution in [0.1, 0.15) is 34.5 Å². The van der Waals surface area contributed by atoms with Crippen LogP contribution >= 0.6 is 11.6 Å². The van der Waals surface area contributed by atoms with E-state index in [0.717, 1.165) is 12.8 Å². The molecule has 1 aliphatic rings. The van der Waals surface area contributed by atoms with Crippen molar-refractivity contribution in [2.45, 2.75) is 32.2 Å². The van der Waals surface area contributed by atoms with Gasteiger partial charge in [0.05, 0.1) is 25.4 Å². The highest BCUT2D eigenvalue weighted by Gasteiger charge is 2.16. The van der Waals surface area contributed by atoms with E-state index in [9.17, 15) is 4.79 Å². The summed E-state index contributed by atoms with van der Waals surface area (Å²) in [6, 6.07) is 5.01. The molecule has 0 unspecified atom stereocenters. The van der Waals surface area contributed by atoms with Crippen molar-refractivity contribution in [1.82, 2.24) is 15.1 Å². The Balaban J connectivity index is 1.62. The van der Waals surface area contributed by atoms with Crippen molar-refractivity contribution in [3.05, 3.63) is 46.2 Å². The zero-order valence-electron chi connectivity index (χ0n) is 13.1. The van der Waals surface area contributed by atoms with Crippen LogP contribution in [-0.4, -0.2) is 29.3 Å². The standard InChI is InChI=1S/C17H20ClN3O2/c1-23-16-7-6-13(18)10-14(16)17(22)19-8-9-21-15-5-3-2-4-12(15)11-20-21/h6-7,10-11H,2-5,8-9H2,1H3,(H,19,22). The number of fused-ring (bicyclic) bond motifs is 1. The van der Waals surface area contributed by atoms with Crippen LogP contribution in [0.2, 0.25) is 5.02 Å². The first-order chi connectivity index (χ1) is 11.2. The second-order valence-electron chi connectivity index (χ2n) is 5.65. The maximum atomic E-state index is 12.3. The van der Waals surface area contributed by atoms with Gasteiger partial charge in [-0.05, 0) is 49.4 Å². The fourth-order valence-corrected chi connectivity index (χ4v) is 3.15. The van der Waals surface area contributed by atoms with E-state index >= 15 is 0 Å². The van der Waals surface area contributed by atoms with E-state index in [1.54, 1.807) is 18.2 Å². The quantitative estimate of drug-likeness (QED) is 0.915. The summed E-state index contributed by atoms with van der Waals surface area (Å²) in [5.41, 5.74) is 3.10. The fourth-order valence-electron chi connectivity index (χ4n) is 2.98. The first kappa shape index (κ1) is 15.9. The van der Waals surface area contributed by atoms with Crippen molar-refractivity contribution in [1.29, 1.82) is 0 Å². The minimum Gasteiger partial charge on any atom is -0.496 e. The summed E-state index contributed by atoms with van der Waals surface area (Å²) in [5, 5.41) is 7.85. The number of nitrogens with one attached hydrogen (secondary N) is 1. The van der Waals surface area contributed by atoms with E-state index in [-0.39, 0.29) is 5.91 Å². The van der Waals surface area contributed by atoms with Crippen LogP contribution in [0.4, 0.5) is 0 Å². The Kier molecular flexibility index (Phi) is 4.86. The molecule has 6 heteroatoms. The molecule has 0 aliphatic heterocycles. The maximum absolute atomic E-state index is 12.3.